The first-order valence-corrected chi connectivity index (χ1v) is 8.32. The van der Waals surface area contributed by atoms with Crippen molar-refractivity contribution in [2.45, 2.75) is 31.7 Å². The zero-order chi connectivity index (χ0) is 18.3. The number of aromatic nitrogens is 3. The van der Waals surface area contributed by atoms with Crippen LogP contribution in [0.15, 0.2) is 43.1 Å². The van der Waals surface area contributed by atoms with Gasteiger partial charge in [0.2, 0.25) is 0 Å². The van der Waals surface area contributed by atoms with E-state index in [4.69, 9.17) is 5.10 Å². The molecule has 4 rings (SSSR count). The van der Waals surface area contributed by atoms with Crippen LogP contribution in [0.1, 0.15) is 30.9 Å². The number of hydrogen-bond acceptors (Lipinski definition) is 3. The van der Waals surface area contributed by atoms with E-state index in [-0.39, 0.29) is 5.75 Å². The highest BCUT2D eigenvalue weighted by atomic mass is 19.4. The molecular formula is C19H16F3N3O. The minimum Gasteiger partial charge on any atom is -0.406 e. The van der Waals surface area contributed by atoms with Gasteiger partial charge in [-0.1, -0.05) is 12.7 Å². The van der Waals surface area contributed by atoms with Crippen LogP contribution >= 0.6 is 0 Å². The Kier molecular flexibility index (Phi) is 3.94. The SMILES string of the molecule is C=Cc1ccnc2c(-c3ccc(OC(F)(F)F)cc3)nn(C3CCC3)c12. The van der Waals surface area contributed by atoms with Crippen LogP contribution in [0.2, 0.25) is 0 Å². The van der Waals surface area contributed by atoms with E-state index < -0.39 is 6.36 Å². The van der Waals surface area contributed by atoms with Crippen molar-refractivity contribution in [3.63, 3.8) is 0 Å². The molecular weight excluding hydrogens is 343 g/mol. The Morgan fingerprint density at radius 2 is 1.88 bits per heavy atom. The molecule has 0 saturated heterocycles. The number of halogens is 3. The Bertz CT molecular complexity index is 957. The maximum absolute atomic E-state index is 12.3. The number of ether oxygens (including phenoxy) is 1. The van der Waals surface area contributed by atoms with Crippen molar-refractivity contribution in [1.82, 2.24) is 14.8 Å². The van der Waals surface area contributed by atoms with Crippen LogP contribution in [0.25, 0.3) is 28.4 Å². The van der Waals surface area contributed by atoms with E-state index in [1.54, 1.807) is 24.4 Å². The number of nitrogens with zero attached hydrogens (tertiary/aromatic N) is 3. The molecule has 1 saturated carbocycles. The zero-order valence-corrected chi connectivity index (χ0v) is 13.8. The summed E-state index contributed by atoms with van der Waals surface area (Å²) in [6.07, 6.45) is 2.02. The van der Waals surface area contributed by atoms with Gasteiger partial charge in [0.25, 0.3) is 0 Å². The Balaban J connectivity index is 1.80. The summed E-state index contributed by atoms with van der Waals surface area (Å²) in [4.78, 5) is 4.47. The maximum atomic E-state index is 12.3. The number of pyridine rings is 1. The van der Waals surface area contributed by atoms with Crippen molar-refractivity contribution >= 4 is 17.1 Å². The maximum Gasteiger partial charge on any atom is 0.573 e. The van der Waals surface area contributed by atoms with E-state index in [1.807, 2.05) is 10.7 Å². The highest BCUT2D eigenvalue weighted by Gasteiger charge is 2.31. The number of rotatable bonds is 4. The van der Waals surface area contributed by atoms with Gasteiger partial charge in [-0.15, -0.1) is 13.2 Å². The summed E-state index contributed by atoms with van der Waals surface area (Å²) in [5.41, 5.74) is 3.92. The third kappa shape index (κ3) is 2.94. The molecule has 0 amide bonds. The van der Waals surface area contributed by atoms with Crippen molar-refractivity contribution < 1.29 is 17.9 Å². The number of fused-ring (bicyclic) bond motifs is 1. The van der Waals surface area contributed by atoms with Gasteiger partial charge in [-0.2, -0.15) is 5.10 Å². The Hall–Kier alpha value is -2.83. The van der Waals surface area contributed by atoms with Crippen molar-refractivity contribution in [2.75, 3.05) is 0 Å². The first-order chi connectivity index (χ1) is 12.5. The molecule has 1 fully saturated rings. The Morgan fingerprint density at radius 1 is 1.15 bits per heavy atom. The van der Waals surface area contributed by atoms with Gasteiger partial charge in [0, 0.05) is 17.3 Å². The van der Waals surface area contributed by atoms with Gasteiger partial charge >= 0.3 is 6.36 Å². The van der Waals surface area contributed by atoms with Crippen LogP contribution in [0.5, 0.6) is 5.75 Å². The molecule has 26 heavy (non-hydrogen) atoms. The van der Waals surface area contributed by atoms with E-state index in [2.05, 4.69) is 16.3 Å². The summed E-state index contributed by atoms with van der Waals surface area (Å²) < 4.78 is 42.9. The highest BCUT2D eigenvalue weighted by Crippen LogP contribution is 2.38. The van der Waals surface area contributed by atoms with E-state index in [0.717, 1.165) is 35.9 Å². The fourth-order valence-corrected chi connectivity index (χ4v) is 3.16. The standard InChI is InChI=1S/C19H16F3N3O/c1-2-12-10-11-23-17-16(24-25(18(12)17)14-4-3-5-14)13-6-8-15(9-7-13)26-19(20,21)22/h2,6-11,14H,1,3-5H2. The molecule has 1 aliphatic carbocycles. The molecule has 7 heteroatoms. The third-order valence-corrected chi connectivity index (χ3v) is 4.62. The molecule has 0 spiro atoms. The van der Waals surface area contributed by atoms with Crippen LogP contribution in [0.4, 0.5) is 13.2 Å². The van der Waals surface area contributed by atoms with Crippen LogP contribution in [0, 0.1) is 0 Å². The molecule has 0 unspecified atom stereocenters. The van der Waals surface area contributed by atoms with Crippen LogP contribution in [-0.2, 0) is 0 Å². The molecule has 0 radical (unpaired) electrons. The van der Waals surface area contributed by atoms with Crippen molar-refractivity contribution in [3.05, 3.63) is 48.7 Å². The summed E-state index contributed by atoms with van der Waals surface area (Å²) in [5.74, 6) is -0.260. The van der Waals surface area contributed by atoms with Gasteiger partial charge in [-0.25, -0.2) is 0 Å². The average molecular weight is 359 g/mol. The summed E-state index contributed by atoms with van der Waals surface area (Å²) in [5, 5.41) is 4.74. The normalized spacial score (nSPS) is 15.0. The van der Waals surface area contributed by atoms with E-state index >= 15 is 0 Å². The van der Waals surface area contributed by atoms with E-state index in [9.17, 15) is 13.2 Å². The fraction of sp³-hybridized carbons (Fsp3) is 0.263. The number of hydrogen-bond donors (Lipinski definition) is 0. The molecule has 134 valence electrons. The molecule has 0 aliphatic heterocycles. The average Bonchev–Trinajstić information content (AvgIpc) is 2.92. The molecule has 0 bridgehead atoms. The van der Waals surface area contributed by atoms with E-state index in [0.29, 0.717) is 17.3 Å². The van der Waals surface area contributed by atoms with E-state index in [1.165, 1.54) is 12.1 Å². The highest BCUT2D eigenvalue weighted by molar-refractivity contribution is 5.94. The van der Waals surface area contributed by atoms with Gasteiger partial charge in [0.05, 0.1) is 11.6 Å². The zero-order valence-electron chi connectivity index (χ0n) is 13.8. The molecule has 0 atom stereocenters. The first kappa shape index (κ1) is 16.6. The summed E-state index contributed by atoms with van der Waals surface area (Å²) in [6, 6.07) is 7.91. The smallest absolute Gasteiger partial charge is 0.406 e. The molecule has 0 N–H and O–H groups in total. The molecule has 1 aromatic carbocycles. The predicted octanol–water partition coefficient (Wildman–Crippen LogP) is 5.36. The molecule has 2 aromatic heterocycles. The van der Waals surface area contributed by atoms with Gasteiger partial charge < -0.3 is 4.74 Å². The lowest BCUT2D eigenvalue weighted by Gasteiger charge is -2.26. The quantitative estimate of drug-likeness (QED) is 0.629. The van der Waals surface area contributed by atoms with Crippen molar-refractivity contribution in [3.8, 4) is 17.0 Å². The Morgan fingerprint density at radius 3 is 2.46 bits per heavy atom. The van der Waals surface area contributed by atoms with Gasteiger partial charge in [0.15, 0.2) is 0 Å². The lowest BCUT2D eigenvalue weighted by atomic mass is 9.93. The molecule has 2 heterocycles. The fourth-order valence-electron chi connectivity index (χ4n) is 3.16. The monoisotopic (exact) mass is 359 g/mol. The van der Waals surface area contributed by atoms with Crippen LogP contribution < -0.4 is 4.74 Å². The number of alkyl halides is 3. The largest absolute Gasteiger partial charge is 0.573 e. The molecule has 1 aliphatic rings. The summed E-state index contributed by atoms with van der Waals surface area (Å²) >= 11 is 0. The number of benzene rings is 1. The topological polar surface area (TPSA) is 39.9 Å². The third-order valence-electron chi connectivity index (χ3n) is 4.62. The Labute approximate surface area is 147 Å². The minimum atomic E-state index is -4.71. The lowest BCUT2D eigenvalue weighted by molar-refractivity contribution is -0.274. The van der Waals surface area contributed by atoms with Gasteiger partial charge in [-0.05, 0) is 49.6 Å². The van der Waals surface area contributed by atoms with Gasteiger partial charge in [0.1, 0.15) is 17.0 Å². The van der Waals surface area contributed by atoms with Gasteiger partial charge in [-0.3, -0.25) is 9.67 Å². The lowest BCUT2D eigenvalue weighted by Crippen LogP contribution is -2.18. The van der Waals surface area contributed by atoms with Crippen molar-refractivity contribution in [1.29, 1.82) is 0 Å². The second-order valence-electron chi connectivity index (χ2n) is 6.25. The van der Waals surface area contributed by atoms with Crippen molar-refractivity contribution in [2.24, 2.45) is 0 Å². The summed E-state index contributed by atoms with van der Waals surface area (Å²) in [6.45, 7) is 3.86. The predicted molar refractivity (Wildman–Crippen MR) is 92.6 cm³/mol. The second kappa shape index (κ2) is 6.16. The molecule has 4 nitrogen and oxygen atoms in total. The first-order valence-electron chi connectivity index (χ1n) is 8.32. The van der Waals surface area contributed by atoms with Crippen LogP contribution in [0.3, 0.4) is 0 Å². The minimum absolute atomic E-state index is 0.260. The molecule has 3 aromatic rings. The summed E-state index contributed by atoms with van der Waals surface area (Å²) in [7, 11) is 0. The second-order valence-corrected chi connectivity index (χ2v) is 6.25. The van der Waals surface area contributed by atoms with Crippen LogP contribution in [-0.4, -0.2) is 21.1 Å².